The third kappa shape index (κ3) is 6.30. The van der Waals surface area contributed by atoms with Gasteiger partial charge in [-0.3, -0.25) is 9.78 Å². The SMILES string of the molecule is CC1(C)CCC(CC(=O)NCC(CO)Cc2ccccn2)CC1. The van der Waals surface area contributed by atoms with E-state index in [0.29, 0.717) is 30.7 Å². The highest BCUT2D eigenvalue weighted by atomic mass is 16.3. The molecular formula is C19H30N2O2. The van der Waals surface area contributed by atoms with Crippen molar-refractivity contribution in [3.63, 3.8) is 0 Å². The van der Waals surface area contributed by atoms with E-state index in [2.05, 4.69) is 24.1 Å². The first-order valence-electron chi connectivity index (χ1n) is 8.76. The maximum atomic E-state index is 12.1. The van der Waals surface area contributed by atoms with E-state index in [1.807, 2.05) is 18.2 Å². The lowest BCUT2D eigenvalue weighted by Crippen LogP contribution is -2.34. The number of aliphatic hydroxyl groups excluding tert-OH is 1. The molecule has 4 heteroatoms. The monoisotopic (exact) mass is 318 g/mol. The molecule has 0 radical (unpaired) electrons. The summed E-state index contributed by atoms with van der Waals surface area (Å²) in [6.07, 6.45) is 7.79. The number of nitrogens with one attached hydrogen (secondary N) is 1. The standard InChI is InChI=1S/C19H30N2O2/c1-19(2)8-6-15(7-9-19)12-18(23)21-13-16(14-22)11-17-5-3-4-10-20-17/h3-5,10,15-16,22H,6-9,11-14H2,1-2H3,(H,21,23). The second-order valence-corrected chi connectivity index (χ2v) is 7.69. The first-order valence-corrected chi connectivity index (χ1v) is 8.76. The average molecular weight is 318 g/mol. The quantitative estimate of drug-likeness (QED) is 0.812. The van der Waals surface area contributed by atoms with E-state index in [-0.39, 0.29) is 18.4 Å². The molecule has 1 unspecified atom stereocenters. The minimum Gasteiger partial charge on any atom is -0.396 e. The summed E-state index contributed by atoms with van der Waals surface area (Å²) in [5.41, 5.74) is 1.40. The molecular weight excluding hydrogens is 288 g/mol. The topological polar surface area (TPSA) is 62.2 Å². The predicted octanol–water partition coefficient (Wildman–Crippen LogP) is 2.96. The van der Waals surface area contributed by atoms with Gasteiger partial charge in [0.1, 0.15) is 0 Å². The molecule has 1 atom stereocenters. The van der Waals surface area contributed by atoms with E-state index in [0.717, 1.165) is 18.5 Å². The van der Waals surface area contributed by atoms with Gasteiger partial charge in [-0.1, -0.05) is 19.9 Å². The highest BCUT2D eigenvalue weighted by molar-refractivity contribution is 5.76. The molecule has 0 aliphatic heterocycles. The maximum Gasteiger partial charge on any atom is 0.220 e. The third-order valence-corrected chi connectivity index (χ3v) is 5.00. The Bertz CT molecular complexity index is 477. The normalized spacial score (nSPS) is 19.3. The second kappa shape index (κ2) is 8.44. The van der Waals surface area contributed by atoms with Crippen molar-refractivity contribution in [2.45, 2.75) is 52.4 Å². The van der Waals surface area contributed by atoms with E-state index >= 15 is 0 Å². The third-order valence-electron chi connectivity index (χ3n) is 5.00. The van der Waals surface area contributed by atoms with Crippen molar-refractivity contribution < 1.29 is 9.90 Å². The molecule has 2 rings (SSSR count). The Labute approximate surface area is 139 Å². The fourth-order valence-electron chi connectivity index (χ4n) is 3.27. The zero-order valence-corrected chi connectivity index (χ0v) is 14.4. The van der Waals surface area contributed by atoms with Crippen LogP contribution in [0.1, 0.15) is 51.6 Å². The summed E-state index contributed by atoms with van der Waals surface area (Å²) in [6.45, 7) is 5.21. The summed E-state index contributed by atoms with van der Waals surface area (Å²) >= 11 is 0. The van der Waals surface area contributed by atoms with Crippen LogP contribution in [0.5, 0.6) is 0 Å². The van der Waals surface area contributed by atoms with Gasteiger partial charge in [0.15, 0.2) is 0 Å². The Kier molecular flexibility index (Phi) is 6.58. The largest absolute Gasteiger partial charge is 0.396 e. The second-order valence-electron chi connectivity index (χ2n) is 7.69. The van der Waals surface area contributed by atoms with Crippen molar-refractivity contribution in [3.8, 4) is 0 Å². The van der Waals surface area contributed by atoms with E-state index < -0.39 is 0 Å². The van der Waals surface area contributed by atoms with Crippen molar-refractivity contribution >= 4 is 5.91 Å². The number of aliphatic hydroxyl groups is 1. The molecule has 1 aliphatic carbocycles. The number of carbonyl (C=O) groups is 1. The van der Waals surface area contributed by atoms with Gasteiger partial charge in [0, 0.05) is 37.4 Å². The number of carbonyl (C=O) groups excluding carboxylic acids is 1. The molecule has 128 valence electrons. The molecule has 1 amide bonds. The molecule has 1 fully saturated rings. The van der Waals surface area contributed by atoms with Gasteiger partial charge >= 0.3 is 0 Å². The number of amides is 1. The summed E-state index contributed by atoms with van der Waals surface area (Å²) in [4.78, 5) is 16.4. The Hall–Kier alpha value is -1.42. The van der Waals surface area contributed by atoms with Gasteiger partial charge in [0.2, 0.25) is 5.91 Å². The molecule has 4 nitrogen and oxygen atoms in total. The summed E-state index contributed by atoms with van der Waals surface area (Å²) in [5.74, 6) is 0.666. The van der Waals surface area contributed by atoms with Gasteiger partial charge in [-0.25, -0.2) is 0 Å². The van der Waals surface area contributed by atoms with Crippen LogP contribution in [-0.2, 0) is 11.2 Å². The van der Waals surface area contributed by atoms with Crippen LogP contribution in [0.3, 0.4) is 0 Å². The molecule has 1 aliphatic rings. The number of rotatable bonds is 7. The van der Waals surface area contributed by atoms with Gasteiger partial charge in [-0.05, 0) is 55.6 Å². The van der Waals surface area contributed by atoms with Gasteiger partial charge in [-0.15, -0.1) is 0 Å². The van der Waals surface area contributed by atoms with E-state index in [1.165, 1.54) is 12.8 Å². The van der Waals surface area contributed by atoms with Gasteiger partial charge in [0.25, 0.3) is 0 Å². The van der Waals surface area contributed by atoms with Gasteiger partial charge in [-0.2, -0.15) is 0 Å². The number of aromatic nitrogens is 1. The van der Waals surface area contributed by atoms with Crippen LogP contribution in [0, 0.1) is 17.3 Å². The summed E-state index contributed by atoms with van der Waals surface area (Å²) in [7, 11) is 0. The fourth-order valence-corrected chi connectivity index (χ4v) is 3.27. The van der Waals surface area contributed by atoms with Crippen molar-refractivity contribution in [1.82, 2.24) is 10.3 Å². The fraction of sp³-hybridized carbons (Fsp3) is 0.684. The summed E-state index contributed by atoms with van der Waals surface area (Å²) < 4.78 is 0. The molecule has 0 saturated heterocycles. The maximum absolute atomic E-state index is 12.1. The van der Waals surface area contributed by atoms with Crippen molar-refractivity contribution in [1.29, 1.82) is 0 Å². The lowest BCUT2D eigenvalue weighted by molar-refractivity contribution is -0.122. The summed E-state index contributed by atoms with van der Waals surface area (Å²) in [5, 5.41) is 12.5. The van der Waals surface area contributed by atoms with Crippen molar-refractivity contribution in [2.24, 2.45) is 17.3 Å². The zero-order chi connectivity index (χ0) is 16.7. The van der Waals surface area contributed by atoms with E-state index in [1.54, 1.807) is 6.20 Å². The van der Waals surface area contributed by atoms with E-state index in [4.69, 9.17) is 0 Å². The smallest absolute Gasteiger partial charge is 0.220 e. The Morgan fingerprint density at radius 3 is 2.74 bits per heavy atom. The number of hydrogen-bond acceptors (Lipinski definition) is 3. The Balaban J connectivity index is 1.70. The highest BCUT2D eigenvalue weighted by Crippen LogP contribution is 2.39. The van der Waals surface area contributed by atoms with Gasteiger partial charge in [0.05, 0.1) is 0 Å². The van der Waals surface area contributed by atoms with Crippen LogP contribution in [0.4, 0.5) is 0 Å². The Morgan fingerprint density at radius 1 is 1.39 bits per heavy atom. The number of hydrogen-bond donors (Lipinski definition) is 2. The van der Waals surface area contributed by atoms with Crippen molar-refractivity contribution in [3.05, 3.63) is 30.1 Å². The first-order chi connectivity index (χ1) is 11.0. The van der Waals surface area contributed by atoms with Crippen LogP contribution in [-0.4, -0.2) is 29.1 Å². The number of pyridine rings is 1. The lowest BCUT2D eigenvalue weighted by atomic mass is 9.72. The predicted molar refractivity (Wildman–Crippen MR) is 91.9 cm³/mol. The molecule has 2 N–H and O–H groups in total. The molecule has 1 saturated carbocycles. The molecule has 1 aromatic rings. The Morgan fingerprint density at radius 2 is 2.13 bits per heavy atom. The van der Waals surface area contributed by atoms with Crippen LogP contribution >= 0.6 is 0 Å². The van der Waals surface area contributed by atoms with Crippen molar-refractivity contribution in [2.75, 3.05) is 13.2 Å². The highest BCUT2D eigenvalue weighted by Gasteiger charge is 2.27. The molecule has 0 aromatic carbocycles. The molecule has 1 aromatic heterocycles. The molecule has 0 bridgehead atoms. The van der Waals surface area contributed by atoms with Crippen LogP contribution in [0.15, 0.2) is 24.4 Å². The summed E-state index contributed by atoms with van der Waals surface area (Å²) in [6, 6.07) is 5.78. The van der Waals surface area contributed by atoms with Crippen LogP contribution in [0.25, 0.3) is 0 Å². The molecule has 1 heterocycles. The lowest BCUT2D eigenvalue weighted by Gasteiger charge is -2.34. The number of nitrogens with zero attached hydrogens (tertiary/aromatic N) is 1. The average Bonchev–Trinajstić information content (AvgIpc) is 2.54. The molecule has 23 heavy (non-hydrogen) atoms. The molecule has 0 spiro atoms. The van der Waals surface area contributed by atoms with Crippen LogP contribution < -0.4 is 5.32 Å². The zero-order valence-electron chi connectivity index (χ0n) is 14.4. The minimum atomic E-state index is 0.0270. The first kappa shape index (κ1) is 17.9. The van der Waals surface area contributed by atoms with E-state index in [9.17, 15) is 9.90 Å². The van der Waals surface area contributed by atoms with Gasteiger partial charge < -0.3 is 10.4 Å². The minimum absolute atomic E-state index is 0.0270. The van der Waals surface area contributed by atoms with Crippen LogP contribution in [0.2, 0.25) is 0 Å².